The number of nitriles is 3. The Morgan fingerprint density at radius 2 is 0.855 bits per heavy atom. The van der Waals surface area contributed by atoms with Crippen molar-refractivity contribution in [1.29, 1.82) is 15.8 Å². The van der Waals surface area contributed by atoms with E-state index in [2.05, 4.69) is 33.2 Å². The van der Waals surface area contributed by atoms with E-state index in [4.69, 9.17) is 16.1 Å². The molecule has 442 valence electrons. The summed E-state index contributed by atoms with van der Waals surface area (Å²) < 4.78 is 85.2. The number of Topliss-reactive ketones (excluding diaryl/α,β-unsaturated/α-hetero) is 2. The van der Waals surface area contributed by atoms with Crippen molar-refractivity contribution in [3.05, 3.63) is 108 Å². The van der Waals surface area contributed by atoms with Crippen LogP contribution in [-0.4, -0.2) is 177 Å². The van der Waals surface area contributed by atoms with Crippen LogP contribution in [0.4, 0.5) is 43.4 Å². The molecule has 3 saturated heterocycles. The molecule has 1 unspecified atom stereocenters. The molecule has 17 nitrogen and oxygen atoms in total. The number of piperidine rings is 3. The van der Waals surface area contributed by atoms with Crippen molar-refractivity contribution in [2.75, 3.05) is 116 Å². The van der Waals surface area contributed by atoms with E-state index in [-0.39, 0.29) is 82.3 Å². The Morgan fingerprint density at radius 3 is 1.13 bits per heavy atom. The lowest BCUT2D eigenvalue weighted by molar-refractivity contribution is -0.137. The van der Waals surface area contributed by atoms with Gasteiger partial charge in [0.1, 0.15) is 29.8 Å². The average molecular weight is 1170 g/mol. The minimum absolute atomic E-state index is 0. The topological polar surface area (TPSA) is 227 Å². The van der Waals surface area contributed by atoms with Gasteiger partial charge in [-0.3, -0.25) is 34.2 Å². The maximum Gasteiger partial charge on any atom is 0.317 e. The first-order valence-electron chi connectivity index (χ1n) is 26.4. The highest BCUT2D eigenvalue weighted by molar-refractivity contribution is 5.97. The van der Waals surface area contributed by atoms with E-state index in [9.17, 15) is 51.2 Å². The molecule has 24 heteroatoms. The second-order valence-corrected chi connectivity index (χ2v) is 21.8. The number of nitrogens with zero attached hydrogens (tertiary/aromatic N) is 12. The molecule has 0 bridgehead atoms. The number of rotatable bonds is 13. The van der Waals surface area contributed by atoms with Gasteiger partial charge in [-0.05, 0) is 127 Å². The molecule has 3 atom stereocenters. The van der Waals surface area contributed by atoms with Gasteiger partial charge in [0.15, 0.2) is 0 Å². The van der Waals surface area contributed by atoms with E-state index in [1.54, 1.807) is 163 Å². The highest BCUT2D eigenvalue weighted by Gasteiger charge is 2.43. The van der Waals surface area contributed by atoms with E-state index in [0.29, 0.717) is 86.1 Å². The van der Waals surface area contributed by atoms with Gasteiger partial charge in [-0.2, -0.15) is 15.8 Å². The number of carbonyl (C=O) groups excluding carboxylic acids is 2. The van der Waals surface area contributed by atoms with Gasteiger partial charge in [-0.15, -0.1) is 12.4 Å². The zero-order chi connectivity index (χ0) is 60.1. The minimum atomic E-state index is -2.87. The van der Waals surface area contributed by atoms with E-state index in [0.717, 1.165) is 0 Å². The van der Waals surface area contributed by atoms with Gasteiger partial charge in [0.25, 0.3) is 17.8 Å². The molecule has 0 aliphatic carbocycles. The summed E-state index contributed by atoms with van der Waals surface area (Å²) in [7, 11) is 10.6. The van der Waals surface area contributed by atoms with Crippen molar-refractivity contribution in [2.45, 2.75) is 55.9 Å². The number of hydrogen-bond donors (Lipinski definition) is 2. The molecule has 83 heavy (non-hydrogen) atoms. The van der Waals surface area contributed by atoms with Crippen LogP contribution in [0.1, 0.15) is 48.8 Å². The van der Waals surface area contributed by atoms with Crippen LogP contribution in [0.3, 0.4) is 0 Å². The van der Waals surface area contributed by atoms with Crippen LogP contribution in [0.15, 0.2) is 91.4 Å². The van der Waals surface area contributed by atoms with E-state index in [1.807, 2.05) is 0 Å². The molecule has 6 aromatic rings. The molecule has 3 fully saturated rings. The molecular weight excluding hydrogens is 1100 g/mol. The Kier molecular flexibility index (Phi) is 23.1. The maximum absolute atomic E-state index is 14.4. The van der Waals surface area contributed by atoms with E-state index in [1.165, 1.54) is 0 Å². The summed E-state index contributed by atoms with van der Waals surface area (Å²) in [4.78, 5) is 56.6. The number of alkyl halides is 6. The number of carboxylic acid groups (broad SMARTS) is 1. The van der Waals surface area contributed by atoms with Crippen molar-refractivity contribution >= 4 is 79.7 Å². The maximum atomic E-state index is 14.4. The van der Waals surface area contributed by atoms with Crippen molar-refractivity contribution < 1.29 is 45.8 Å². The summed E-state index contributed by atoms with van der Waals surface area (Å²) in [5.41, 5.74) is 10.4. The van der Waals surface area contributed by atoms with Crippen LogP contribution in [0, 0.1) is 45.8 Å². The van der Waals surface area contributed by atoms with Gasteiger partial charge in [0, 0.05) is 110 Å². The molecule has 0 saturated carbocycles. The van der Waals surface area contributed by atoms with E-state index < -0.39 is 54.7 Å². The molecule has 3 aliphatic heterocycles. The summed E-state index contributed by atoms with van der Waals surface area (Å²) in [6, 6.07) is 26.2. The smallest absolute Gasteiger partial charge is 0.317 e. The Labute approximate surface area is 484 Å². The van der Waals surface area contributed by atoms with Gasteiger partial charge in [0.05, 0.1) is 72.5 Å². The van der Waals surface area contributed by atoms with Crippen LogP contribution in [0.5, 0.6) is 0 Å². The van der Waals surface area contributed by atoms with Gasteiger partial charge in [-0.1, -0.05) is 0 Å². The number of anilines is 3. The summed E-state index contributed by atoms with van der Waals surface area (Å²) in [6.45, 7) is 0.581. The fourth-order valence-electron chi connectivity index (χ4n) is 10.7. The molecule has 3 aromatic heterocycles. The summed E-state index contributed by atoms with van der Waals surface area (Å²) >= 11 is 0. The molecule has 3 aliphatic rings. The third-order valence-electron chi connectivity index (χ3n) is 13.5. The number of fused-ring (bicyclic) bond motifs is 3. The molecule has 9 rings (SSSR count). The van der Waals surface area contributed by atoms with Gasteiger partial charge < -0.3 is 35.3 Å². The number of carboxylic acids is 1. The molecule has 3 aromatic carbocycles. The average Bonchev–Trinajstić information content (AvgIpc) is 2.95. The third kappa shape index (κ3) is 18.6. The molecular formula is C59H68ClF6N13O4. The number of aliphatic carboxylic acids is 1. The lowest BCUT2D eigenvalue weighted by Gasteiger charge is -2.39. The molecule has 0 amide bonds. The Morgan fingerprint density at radius 1 is 0.542 bits per heavy atom. The molecule has 6 heterocycles. The quantitative estimate of drug-likeness (QED) is 0.103. The first-order chi connectivity index (χ1) is 38.7. The number of halogens is 7. The van der Waals surface area contributed by atoms with Crippen LogP contribution in [-0.2, 0) is 14.4 Å². The largest absolute Gasteiger partial charge is 0.480 e. The number of benzene rings is 3. The predicted molar refractivity (Wildman–Crippen MR) is 309 cm³/mol. The van der Waals surface area contributed by atoms with Gasteiger partial charge in [-0.25, -0.2) is 26.3 Å². The van der Waals surface area contributed by atoms with Crippen LogP contribution in [0.25, 0.3) is 32.7 Å². The second-order valence-electron chi connectivity index (χ2n) is 21.8. The summed E-state index contributed by atoms with van der Waals surface area (Å²) in [6.07, 6.45) is 4.16. The Bertz CT molecular complexity index is 3220. The Balaban J connectivity index is 0.000000215. The number of likely N-dealkylation sites (N-methyl/N-ethyl adjacent to an activating group) is 3. The molecule has 0 spiro atoms. The minimum Gasteiger partial charge on any atom is -0.480 e. The fraction of sp³-hybridized carbons (Fsp3) is 0.441. The fourth-order valence-corrected chi connectivity index (χ4v) is 10.7. The number of pyridine rings is 3. The summed E-state index contributed by atoms with van der Waals surface area (Å²) in [5.74, 6) is -10.2. The predicted octanol–water partition coefficient (Wildman–Crippen LogP) is 8.51. The van der Waals surface area contributed by atoms with Crippen LogP contribution >= 0.6 is 12.4 Å². The lowest BCUT2D eigenvalue weighted by atomic mass is 9.89. The van der Waals surface area contributed by atoms with Crippen molar-refractivity contribution in [3.8, 4) is 18.2 Å². The van der Waals surface area contributed by atoms with Crippen molar-refractivity contribution in [3.63, 3.8) is 0 Å². The van der Waals surface area contributed by atoms with Gasteiger partial charge >= 0.3 is 5.97 Å². The Hall–Kier alpha value is -7.72. The number of hydrogen-bond acceptors (Lipinski definition) is 16. The SMILES string of the molecule is CN(C)CC(=O)C[C@@H]1CN(c2ccc(C#N)c3ncccc23)CC(F)(F)C1.CN(C)CC(=O)C[C@H]1CN(c2ccc(C#N)c3ncccc23)CC(F)(F)C1.CN(C)CC(=O)O.Cl.N#Cc1ccc(N2CC(N)CC(F)(F)C2)c2cccnc12. The molecule has 0 radical (unpaired) electrons. The van der Waals surface area contributed by atoms with Crippen molar-refractivity contribution in [1.82, 2.24) is 29.7 Å². The van der Waals surface area contributed by atoms with Crippen LogP contribution in [0.2, 0.25) is 0 Å². The number of nitrogens with two attached hydrogens (primary N) is 1. The zero-order valence-corrected chi connectivity index (χ0v) is 47.9. The standard InChI is InChI=1S/2C20H22F2N4O.C15H14F2N4.C4H9NO2.ClH/c2*1-25(2)12-16(27)8-14-9-20(21,22)13-26(11-14)18-6-5-15(10-23)19-17(18)4-3-7-24-19;16-15(17)6-11(19)8-21(9-15)13-4-3-10(7-18)14-12(13)2-1-5-20-14;1-5(2)3-4(6)7;/h2*3-7,14H,8-9,11-13H2,1-2H3;1-5,11H,6,8-9,19H2;3H2,1-2H3,(H,6,7);1H/t2*14-;;;/m10.../s1. The van der Waals surface area contributed by atoms with E-state index >= 15 is 0 Å². The molecule has 3 N–H and O–H groups in total. The number of carbonyl (C=O) groups is 3. The van der Waals surface area contributed by atoms with Gasteiger partial charge in [0.2, 0.25) is 0 Å². The first kappa shape index (κ1) is 66.1. The second kappa shape index (κ2) is 29.0. The normalized spacial score (nSPS) is 18.7. The highest BCUT2D eigenvalue weighted by atomic mass is 35.5. The van der Waals surface area contributed by atoms with Crippen molar-refractivity contribution in [2.24, 2.45) is 17.6 Å². The third-order valence-corrected chi connectivity index (χ3v) is 13.5. The first-order valence-corrected chi connectivity index (χ1v) is 26.4. The lowest BCUT2D eigenvalue weighted by Crippen LogP contribution is -2.52. The van der Waals surface area contributed by atoms with Crippen LogP contribution < -0.4 is 20.4 Å². The number of aromatic nitrogens is 3. The summed E-state index contributed by atoms with van der Waals surface area (Å²) in [5, 5.41) is 37.7. The highest BCUT2D eigenvalue weighted by Crippen LogP contribution is 2.40. The number of ketones is 2. The zero-order valence-electron chi connectivity index (χ0n) is 47.1. The monoisotopic (exact) mass is 1170 g/mol.